The lowest BCUT2D eigenvalue weighted by Gasteiger charge is -2.32. The van der Waals surface area contributed by atoms with Crippen molar-refractivity contribution < 1.29 is 47.6 Å². The molecule has 1 aromatic rings. The van der Waals surface area contributed by atoms with Crippen molar-refractivity contribution in [2.75, 3.05) is 0 Å². The molecule has 31 heavy (non-hydrogen) atoms. The van der Waals surface area contributed by atoms with Crippen LogP contribution in [-0.4, -0.2) is 23.1 Å². The van der Waals surface area contributed by atoms with E-state index in [0.29, 0.717) is 22.5 Å². The van der Waals surface area contributed by atoms with Crippen LogP contribution in [0.15, 0.2) is 47.1 Å². The minimum absolute atomic E-state index is 0. The molecule has 1 aromatic heterocycles. The second kappa shape index (κ2) is 11.1. The van der Waals surface area contributed by atoms with Crippen LogP contribution < -0.4 is 33.9 Å². The highest BCUT2D eigenvalue weighted by Crippen LogP contribution is 2.39. The molecule has 174 valence electrons. The van der Waals surface area contributed by atoms with Gasteiger partial charge in [-0.05, 0) is 61.5 Å². The van der Waals surface area contributed by atoms with Crippen LogP contribution in [0.3, 0.4) is 0 Å². The Bertz CT molecular complexity index is 844. The van der Waals surface area contributed by atoms with Gasteiger partial charge in [-0.25, -0.2) is 14.2 Å². The summed E-state index contributed by atoms with van der Waals surface area (Å²) in [5.41, 5.74) is 1.67. The van der Waals surface area contributed by atoms with Gasteiger partial charge in [-0.15, -0.1) is 24.0 Å². The van der Waals surface area contributed by atoms with Crippen LogP contribution in [0.5, 0.6) is 0 Å². The zero-order valence-electron chi connectivity index (χ0n) is 19.8. The summed E-state index contributed by atoms with van der Waals surface area (Å²) in [4.78, 5) is 26.3. The van der Waals surface area contributed by atoms with Gasteiger partial charge in [0.1, 0.15) is 18.2 Å². The van der Waals surface area contributed by atoms with Crippen molar-refractivity contribution in [1.82, 2.24) is 5.32 Å². The number of pyridine rings is 1. The highest BCUT2D eigenvalue weighted by molar-refractivity contribution is 14.0. The molecule has 0 aliphatic carbocycles. The predicted molar refractivity (Wildman–Crippen MR) is 126 cm³/mol. The second-order valence-electron chi connectivity index (χ2n) is 9.44. The maximum absolute atomic E-state index is 13.2. The van der Waals surface area contributed by atoms with Gasteiger partial charge in [0.05, 0.1) is 17.1 Å². The lowest BCUT2D eigenvalue weighted by molar-refractivity contribution is -0.671. The first-order valence-electron chi connectivity index (χ1n) is 9.80. The Morgan fingerprint density at radius 3 is 1.71 bits per heavy atom. The lowest BCUT2D eigenvalue weighted by atomic mass is 9.81. The number of aromatic nitrogens is 1. The van der Waals surface area contributed by atoms with Crippen LogP contribution in [0.1, 0.15) is 66.9 Å². The largest absolute Gasteiger partial charge is 1.00 e. The van der Waals surface area contributed by atoms with Crippen molar-refractivity contribution in [2.24, 2.45) is 7.05 Å². The molecule has 0 radical (unpaired) electrons. The average Bonchev–Trinajstić information content (AvgIpc) is 2.50. The number of allylic oxidation sites excluding steroid dienone is 2. The summed E-state index contributed by atoms with van der Waals surface area (Å²) in [5.74, 6) is -1.49. The van der Waals surface area contributed by atoms with Gasteiger partial charge in [-0.3, -0.25) is 0 Å². The number of ether oxygens (including phenoxy) is 2. The number of esters is 2. The Balaban J connectivity index is 0.00000450. The number of nitrogens with zero attached hydrogens (tertiary/aromatic N) is 1. The van der Waals surface area contributed by atoms with Crippen molar-refractivity contribution >= 4 is 35.9 Å². The molecular formula is C23H34I2N2O4. The van der Waals surface area contributed by atoms with Gasteiger partial charge in [0.2, 0.25) is 0 Å². The summed E-state index contributed by atoms with van der Waals surface area (Å²) >= 11 is 0. The number of carbonyl (C=O) groups is 2. The summed E-state index contributed by atoms with van der Waals surface area (Å²) in [6, 6.07) is 3.80. The van der Waals surface area contributed by atoms with Crippen molar-refractivity contribution in [1.29, 1.82) is 0 Å². The van der Waals surface area contributed by atoms with Crippen LogP contribution in [0.4, 0.5) is 0 Å². The third kappa shape index (κ3) is 8.03. The van der Waals surface area contributed by atoms with Crippen molar-refractivity contribution in [3.05, 3.63) is 52.6 Å². The van der Waals surface area contributed by atoms with E-state index in [-0.39, 0.29) is 48.0 Å². The predicted octanol–water partition coefficient (Wildman–Crippen LogP) is 1.05. The number of hydrogen-bond acceptors (Lipinski definition) is 5. The average molecular weight is 656 g/mol. The standard InChI is InChI=1S/C23H32N2O4.2HI/c1-14-17(20(26)28-22(3,4)5)19(16-11-10-12-25(9)13-16)18(15(2)24-14)21(27)29-23(6,7)8;;/h10-13,19H,1-9H3;2*1H. The van der Waals surface area contributed by atoms with Crippen LogP contribution in [-0.2, 0) is 26.1 Å². The lowest BCUT2D eigenvalue weighted by Crippen LogP contribution is -3.00. The van der Waals surface area contributed by atoms with E-state index in [2.05, 4.69) is 5.32 Å². The van der Waals surface area contributed by atoms with Gasteiger partial charge >= 0.3 is 11.9 Å². The monoisotopic (exact) mass is 656 g/mol. The molecule has 0 atom stereocenters. The van der Waals surface area contributed by atoms with E-state index >= 15 is 0 Å². The number of dihydropyridines is 1. The molecule has 0 saturated carbocycles. The molecule has 0 amide bonds. The van der Waals surface area contributed by atoms with Gasteiger partial charge in [0.25, 0.3) is 0 Å². The third-order valence-electron chi connectivity index (χ3n) is 4.29. The van der Waals surface area contributed by atoms with Crippen LogP contribution in [0.2, 0.25) is 0 Å². The highest BCUT2D eigenvalue weighted by Gasteiger charge is 2.40. The molecule has 0 spiro atoms. The SMILES string of the molecule is CC1=C(C(=O)OC(C)(C)C)C(c2ccc[n+](C)c2)C(C(=O)OC(C)(C)C)=C(C)N1.I.[I-]. The number of carbonyl (C=O) groups excluding carboxylic acids is 2. The number of nitrogens with one attached hydrogen (secondary N) is 1. The van der Waals surface area contributed by atoms with E-state index in [4.69, 9.17) is 9.47 Å². The minimum Gasteiger partial charge on any atom is -1.00 e. The van der Waals surface area contributed by atoms with Crippen LogP contribution in [0, 0.1) is 0 Å². The molecule has 6 nitrogen and oxygen atoms in total. The van der Waals surface area contributed by atoms with E-state index in [9.17, 15) is 9.59 Å². The van der Waals surface area contributed by atoms with E-state index in [1.807, 2.05) is 91.5 Å². The normalized spacial score (nSPS) is 14.9. The maximum Gasteiger partial charge on any atom is 0.337 e. The van der Waals surface area contributed by atoms with Crippen molar-refractivity contribution in [2.45, 2.75) is 72.5 Å². The van der Waals surface area contributed by atoms with Gasteiger partial charge in [-0.2, -0.15) is 0 Å². The smallest absolute Gasteiger partial charge is 0.337 e. The molecule has 1 aliphatic rings. The van der Waals surface area contributed by atoms with Crippen LogP contribution in [0.25, 0.3) is 0 Å². The highest BCUT2D eigenvalue weighted by atomic mass is 127. The molecule has 1 aliphatic heterocycles. The zero-order valence-corrected chi connectivity index (χ0v) is 24.2. The number of hydrogen-bond donors (Lipinski definition) is 1. The number of rotatable bonds is 3. The molecule has 0 unspecified atom stereocenters. The fourth-order valence-electron chi connectivity index (χ4n) is 3.32. The second-order valence-corrected chi connectivity index (χ2v) is 9.44. The van der Waals surface area contributed by atoms with Gasteiger partial charge < -0.3 is 38.8 Å². The van der Waals surface area contributed by atoms with E-state index in [0.717, 1.165) is 5.56 Å². The molecule has 0 bridgehead atoms. The third-order valence-corrected chi connectivity index (χ3v) is 4.29. The van der Waals surface area contributed by atoms with Crippen LogP contribution >= 0.6 is 24.0 Å². The number of halogens is 2. The number of aryl methyl sites for hydroxylation is 1. The molecule has 2 heterocycles. The van der Waals surface area contributed by atoms with E-state index < -0.39 is 29.1 Å². The summed E-state index contributed by atoms with van der Waals surface area (Å²) in [6.07, 6.45) is 3.81. The van der Waals surface area contributed by atoms with E-state index in [1.54, 1.807) is 0 Å². The van der Waals surface area contributed by atoms with Gasteiger partial charge in [0, 0.05) is 23.0 Å². The van der Waals surface area contributed by atoms with E-state index in [1.165, 1.54) is 0 Å². The molecule has 1 N–H and O–H groups in total. The maximum atomic E-state index is 13.2. The Hall–Kier alpha value is -1.17. The first-order chi connectivity index (χ1) is 13.2. The topological polar surface area (TPSA) is 68.5 Å². The molecule has 0 saturated heterocycles. The van der Waals surface area contributed by atoms with Gasteiger partial charge in [-0.1, -0.05) is 0 Å². The fraction of sp³-hybridized carbons (Fsp3) is 0.522. The van der Waals surface area contributed by atoms with Gasteiger partial charge in [0.15, 0.2) is 12.4 Å². The van der Waals surface area contributed by atoms with Crippen molar-refractivity contribution in [3.8, 4) is 0 Å². The molecular weight excluding hydrogens is 622 g/mol. The first-order valence-corrected chi connectivity index (χ1v) is 9.80. The Labute approximate surface area is 219 Å². The quantitative estimate of drug-likeness (QED) is 0.300. The molecule has 8 heteroatoms. The Morgan fingerprint density at radius 2 is 1.35 bits per heavy atom. The summed E-state index contributed by atoms with van der Waals surface area (Å²) in [5, 5.41) is 3.18. The molecule has 0 fully saturated rings. The first kappa shape index (κ1) is 29.8. The molecule has 0 aromatic carbocycles. The minimum atomic E-state index is -0.654. The summed E-state index contributed by atoms with van der Waals surface area (Å²) in [6.45, 7) is 14.6. The fourth-order valence-corrected chi connectivity index (χ4v) is 3.32. The van der Waals surface area contributed by atoms with Crippen molar-refractivity contribution in [3.63, 3.8) is 0 Å². The Morgan fingerprint density at radius 1 is 0.935 bits per heavy atom. The summed E-state index contributed by atoms with van der Waals surface area (Å²) < 4.78 is 13.2. The molecule has 2 rings (SSSR count). The summed E-state index contributed by atoms with van der Waals surface area (Å²) in [7, 11) is 1.90. The Kier molecular flexibility index (Phi) is 10.7. The zero-order chi connectivity index (χ0) is 22.1.